The van der Waals surface area contributed by atoms with Gasteiger partial charge in [-0.2, -0.15) is 0 Å². The lowest BCUT2D eigenvalue weighted by Crippen LogP contribution is -2.08. The standard InChI is InChI=1S/C15H22O2/c1-4-5-6-10-15(17-13(3)16)14-9-7-8-12(2)11-14/h7-9,11,15H,4-6,10H2,1-3H3. The molecule has 0 fully saturated rings. The fourth-order valence-corrected chi connectivity index (χ4v) is 1.94. The minimum absolute atomic E-state index is 0.0843. The van der Waals surface area contributed by atoms with Crippen LogP contribution >= 0.6 is 0 Å². The maximum Gasteiger partial charge on any atom is 0.303 e. The van der Waals surface area contributed by atoms with Crippen molar-refractivity contribution in [1.29, 1.82) is 0 Å². The van der Waals surface area contributed by atoms with Crippen LogP contribution in [0.2, 0.25) is 0 Å². The highest BCUT2D eigenvalue weighted by Crippen LogP contribution is 2.24. The van der Waals surface area contributed by atoms with Gasteiger partial charge in [0.05, 0.1) is 0 Å². The Morgan fingerprint density at radius 2 is 2.12 bits per heavy atom. The molecule has 0 amide bonds. The molecule has 0 aliphatic carbocycles. The van der Waals surface area contributed by atoms with E-state index in [1.807, 2.05) is 12.1 Å². The zero-order valence-corrected chi connectivity index (χ0v) is 11.0. The number of unbranched alkanes of at least 4 members (excludes halogenated alkanes) is 2. The fraction of sp³-hybridized carbons (Fsp3) is 0.533. The Morgan fingerprint density at radius 1 is 1.35 bits per heavy atom. The van der Waals surface area contributed by atoms with Crippen molar-refractivity contribution in [3.63, 3.8) is 0 Å². The molecule has 0 spiro atoms. The quantitative estimate of drug-likeness (QED) is 0.545. The van der Waals surface area contributed by atoms with Crippen LogP contribution in [0.1, 0.15) is 56.8 Å². The zero-order valence-electron chi connectivity index (χ0n) is 11.0. The first-order valence-corrected chi connectivity index (χ1v) is 6.37. The van der Waals surface area contributed by atoms with E-state index in [0.29, 0.717) is 0 Å². The van der Waals surface area contributed by atoms with Crippen molar-refractivity contribution in [3.8, 4) is 0 Å². The zero-order chi connectivity index (χ0) is 12.7. The van der Waals surface area contributed by atoms with E-state index in [9.17, 15) is 4.79 Å². The van der Waals surface area contributed by atoms with E-state index in [0.717, 1.165) is 18.4 Å². The third-order valence-electron chi connectivity index (χ3n) is 2.79. The molecule has 1 atom stereocenters. The molecule has 0 aliphatic rings. The van der Waals surface area contributed by atoms with E-state index in [1.165, 1.54) is 25.3 Å². The van der Waals surface area contributed by atoms with Crippen molar-refractivity contribution in [2.75, 3.05) is 0 Å². The number of carbonyl (C=O) groups excluding carboxylic acids is 1. The number of hydrogen-bond acceptors (Lipinski definition) is 2. The van der Waals surface area contributed by atoms with E-state index in [-0.39, 0.29) is 12.1 Å². The van der Waals surface area contributed by atoms with E-state index in [1.54, 1.807) is 0 Å². The molecule has 1 aromatic rings. The number of aryl methyl sites for hydroxylation is 1. The summed E-state index contributed by atoms with van der Waals surface area (Å²) in [5, 5.41) is 0. The molecule has 2 heteroatoms. The second kappa shape index (κ2) is 7.10. The molecular weight excluding hydrogens is 212 g/mol. The lowest BCUT2D eigenvalue weighted by atomic mass is 10.0. The Kier molecular flexibility index (Phi) is 5.75. The van der Waals surface area contributed by atoms with Crippen LogP contribution in [0.25, 0.3) is 0 Å². The summed E-state index contributed by atoms with van der Waals surface area (Å²) in [5.74, 6) is -0.201. The molecule has 0 N–H and O–H groups in total. The molecule has 0 aliphatic heterocycles. The summed E-state index contributed by atoms with van der Waals surface area (Å²) in [4.78, 5) is 11.1. The lowest BCUT2D eigenvalue weighted by Gasteiger charge is -2.17. The number of hydrogen-bond donors (Lipinski definition) is 0. The van der Waals surface area contributed by atoms with Gasteiger partial charge in [-0.1, -0.05) is 49.6 Å². The summed E-state index contributed by atoms with van der Waals surface area (Å²) in [6.07, 6.45) is 4.29. The second-order valence-corrected chi connectivity index (χ2v) is 4.51. The van der Waals surface area contributed by atoms with Gasteiger partial charge in [-0.05, 0) is 25.3 Å². The second-order valence-electron chi connectivity index (χ2n) is 4.51. The van der Waals surface area contributed by atoms with Crippen molar-refractivity contribution >= 4 is 5.97 Å². The first kappa shape index (κ1) is 13.8. The molecule has 0 saturated heterocycles. The monoisotopic (exact) mass is 234 g/mol. The summed E-state index contributed by atoms with van der Waals surface area (Å²) in [6.45, 7) is 5.70. The van der Waals surface area contributed by atoms with Gasteiger partial charge in [0.1, 0.15) is 6.10 Å². The number of rotatable bonds is 6. The van der Waals surface area contributed by atoms with Crippen molar-refractivity contribution in [1.82, 2.24) is 0 Å². The fourth-order valence-electron chi connectivity index (χ4n) is 1.94. The van der Waals surface area contributed by atoms with Gasteiger partial charge in [0.2, 0.25) is 0 Å². The molecule has 0 radical (unpaired) electrons. The lowest BCUT2D eigenvalue weighted by molar-refractivity contribution is -0.147. The molecule has 0 aromatic heterocycles. The summed E-state index contributed by atoms with van der Waals surface area (Å²) in [5.41, 5.74) is 2.31. The Labute approximate surface area is 104 Å². The first-order chi connectivity index (χ1) is 8.13. The van der Waals surface area contributed by atoms with E-state index in [2.05, 4.69) is 26.0 Å². The number of carbonyl (C=O) groups is 1. The average Bonchev–Trinajstić information content (AvgIpc) is 2.27. The van der Waals surface area contributed by atoms with Crippen LogP contribution < -0.4 is 0 Å². The molecule has 0 bridgehead atoms. The smallest absolute Gasteiger partial charge is 0.303 e. The summed E-state index contributed by atoms with van der Waals surface area (Å²) < 4.78 is 5.40. The molecule has 94 valence electrons. The number of benzene rings is 1. The van der Waals surface area contributed by atoms with Crippen molar-refractivity contribution < 1.29 is 9.53 Å². The third kappa shape index (κ3) is 5.03. The van der Waals surface area contributed by atoms with Gasteiger partial charge in [0.15, 0.2) is 0 Å². The molecule has 0 saturated carbocycles. The van der Waals surface area contributed by atoms with Gasteiger partial charge in [0, 0.05) is 6.92 Å². The SMILES string of the molecule is CCCCCC(OC(C)=O)c1cccc(C)c1. The molecule has 0 heterocycles. The molecule has 17 heavy (non-hydrogen) atoms. The summed E-state index contributed by atoms with van der Waals surface area (Å²) in [6, 6.07) is 8.20. The minimum atomic E-state index is -0.201. The topological polar surface area (TPSA) is 26.3 Å². The highest BCUT2D eigenvalue weighted by molar-refractivity contribution is 5.66. The average molecular weight is 234 g/mol. The number of esters is 1. The Morgan fingerprint density at radius 3 is 2.71 bits per heavy atom. The molecular formula is C15H22O2. The summed E-state index contributed by atoms with van der Waals surface area (Å²) in [7, 11) is 0. The van der Waals surface area contributed by atoms with E-state index < -0.39 is 0 Å². The van der Waals surface area contributed by atoms with Crippen LogP contribution in [0, 0.1) is 6.92 Å². The number of ether oxygens (including phenoxy) is 1. The Bertz CT molecular complexity index is 358. The van der Waals surface area contributed by atoms with E-state index in [4.69, 9.17) is 4.74 Å². The predicted octanol–water partition coefficient (Wildman–Crippen LogP) is 4.18. The van der Waals surface area contributed by atoms with Gasteiger partial charge in [-0.25, -0.2) is 0 Å². The third-order valence-corrected chi connectivity index (χ3v) is 2.79. The predicted molar refractivity (Wildman–Crippen MR) is 69.8 cm³/mol. The van der Waals surface area contributed by atoms with Crippen molar-refractivity contribution in [2.24, 2.45) is 0 Å². The highest BCUT2D eigenvalue weighted by atomic mass is 16.5. The molecule has 2 nitrogen and oxygen atoms in total. The van der Waals surface area contributed by atoms with Gasteiger partial charge < -0.3 is 4.74 Å². The van der Waals surface area contributed by atoms with Crippen molar-refractivity contribution in [3.05, 3.63) is 35.4 Å². The van der Waals surface area contributed by atoms with Crippen LogP contribution in [0.15, 0.2) is 24.3 Å². The van der Waals surface area contributed by atoms with Crippen LogP contribution in [-0.2, 0) is 9.53 Å². The molecule has 1 aromatic carbocycles. The van der Waals surface area contributed by atoms with Crippen LogP contribution in [0.5, 0.6) is 0 Å². The maximum absolute atomic E-state index is 11.1. The van der Waals surface area contributed by atoms with Gasteiger partial charge in [-0.3, -0.25) is 4.79 Å². The highest BCUT2D eigenvalue weighted by Gasteiger charge is 2.14. The van der Waals surface area contributed by atoms with Crippen LogP contribution in [0.4, 0.5) is 0 Å². The van der Waals surface area contributed by atoms with Crippen LogP contribution in [0.3, 0.4) is 0 Å². The van der Waals surface area contributed by atoms with Gasteiger partial charge >= 0.3 is 5.97 Å². The van der Waals surface area contributed by atoms with Crippen molar-refractivity contribution in [2.45, 2.75) is 52.6 Å². The maximum atomic E-state index is 11.1. The summed E-state index contributed by atoms with van der Waals surface area (Å²) >= 11 is 0. The Hall–Kier alpha value is -1.31. The largest absolute Gasteiger partial charge is 0.458 e. The normalized spacial score (nSPS) is 12.2. The van der Waals surface area contributed by atoms with Gasteiger partial charge in [-0.15, -0.1) is 0 Å². The van der Waals surface area contributed by atoms with E-state index >= 15 is 0 Å². The first-order valence-electron chi connectivity index (χ1n) is 6.37. The minimum Gasteiger partial charge on any atom is -0.458 e. The molecule has 1 rings (SSSR count). The van der Waals surface area contributed by atoms with Crippen LogP contribution in [-0.4, -0.2) is 5.97 Å². The molecule has 1 unspecified atom stereocenters. The Balaban J connectivity index is 2.70. The van der Waals surface area contributed by atoms with Gasteiger partial charge in [0.25, 0.3) is 0 Å².